The number of ether oxygens (including phenoxy) is 1. The number of hydrogen-bond donors (Lipinski definition) is 3. The van der Waals surface area contributed by atoms with Crippen LogP contribution < -0.4 is 21.1 Å². The van der Waals surface area contributed by atoms with Gasteiger partial charge in [-0.2, -0.15) is 0 Å². The third-order valence-electron chi connectivity index (χ3n) is 3.23. The maximum atomic E-state index is 11.8. The van der Waals surface area contributed by atoms with E-state index in [1.54, 1.807) is 31.4 Å². The topological polar surface area (TPSA) is 76.4 Å². The Balaban J connectivity index is 1.86. The van der Waals surface area contributed by atoms with Crippen LogP contribution in [0.15, 0.2) is 24.3 Å². The smallest absolute Gasteiger partial charge is 0.319 e. The summed E-state index contributed by atoms with van der Waals surface area (Å²) in [4.78, 5) is 11.8. The molecule has 2 unspecified atom stereocenters. The van der Waals surface area contributed by atoms with Crippen molar-refractivity contribution in [2.45, 2.75) is 31.3 Å². The summed E-state index contributed by atoms with van der Waals surface area (Å²) in [6.45, 7) is 0. The Kier molecular flexibility index (Phi) is 4.04. The lowest BCUT2D eigenvalue weighted by Crippen LogP contribution is -2.45. The first kappa shape index (κ1) is 12.7. The van der Waals surface area contributed by atoms with E-state index in [1.165, 1.54) is 0 Å². The maximum absolute atomic E-state index is 11.8. The van der Waals surface area contributed by atoms with Crippen LogP contribution in [0.2, 0.25) is 0 Å². The van der Waals surface area contributed by atoms with Crippen LogP contribution in [0.5, 0.6) is 5.75 Å². The number of nitrogens with one attached hydrogen (secondary N) is 2. The lowest BCUT2D eigenvalue weighted by Gasteiger charge is -2.17. The van der Waals surface area contributed by atoms with Gasteiger partial charge in [0.2, 0.25) is 0 Å². The summed E-state index contributed by atoms with van der Waals surface area (Å²) in [7, 11) is 1.61. The van der Waals surface area contributed by atoms with Gasteiger partial charge in [0.1, 0.15) is 5.75 Å². The van der Waals surface area contributed by atoms with Crippen LogP contribution in [0.25, 0.3) is 0 Å². The summed E-state index contributed by atoms with van der Waals surface area (Å²) >= 11 is 0. The zero-order valence-electron chi connectivity index (χ0n) is 10.5. The molecule has 18 heavy (non-hydrogen) atoms. The molecule has 0 radical (unpaired) electrons. The minimum atomic E-state index is -0.206. The Morgan fingerprint density at radius 1 is 1.33 bits per heavy atom. The molecule has 1 fully saturated rings. The number of methoxy groups -OCH3 is 1. The van der Waals surface area contributed by atoms with Crippen LogP contribution in [0, 0.1) is 0 Å². The zero-order valence-corrected chi connectivity index (χ0v) is 10.5. The van der Waals surface area contributed by atoms with Crippen molar-refractivity contribution in [1.29, 1.82) is 0 Å². The van der Waals surface area contributed by atoms with Gasteiger partial charge in [-0.25, -0.2) is 4.79 Å². The summed E-state index contributed by atoms with van der Waals surface area (Å²) in [6, 6.07) is 7.16. The summed E-state index contributed by atoms with van der Waals surface area (Å²) in [5.74, 6) is 0.763. The van der Waals surface area contributed by atoms with Gasteiger partial charge in [-0.15, -0.1) is 0 Å². The first-order valence-electron chi connectivity index (χ1n) is 6.16. The van der Waals surface area contributed by atoms with Gasteiger partial charge in [0, 0.05) is 17.8 Å². The molecule has 98 valence electrons. The number of nitrogens with two attached hydrogens (primary N) is 1. The molecule has 1 aromatic rings. The fraction of sp³-hybridized carbons (Fsp3) is 0.462. The lowest BCUT2D eigenvalue weighted by atomic mass is 10.2. The molecule has 0 bridgehead atoms. The number of carbonyl (C=O) groups excluding carboxylic acids is 1. The molecule has 5 nitrogen and oxygen atoms in total. The van der Waals surface area contributed by atoms with Crippen molar-refractivity contribution in [2.24, 2.45) is 5.73 Å². The predicted octanol–water partition coefficient (Wildman–Crippen LogP) is 1.70. The highest BCUT2D eigenvalue weighted by Gasteiger charge is 2.25. The molecule has 2 rings (SSSR count). The number of hydrogen-bond acceptors (Lipinski definition) is 3. The van der Waals surface area contributed by atoms with Gasteiger partial charge in [0.15, 0.2) is 0 Å². The van der Waals surface area contributed by atoms with Crippen LogP contribution in [0.4, 0.5) is 10.5 Å². The van der Waals surface area contributed by atoms with Crippen LogP contribution >= 0.6 is 0 Å². The van der Waals surface area contributed by atoms with Crippen molar-refractivity contribution in [1.82, 2.24) is 5.32 Å². The number of anilines is 1. The molecule has 1 aromatic carbocycles. The Hall–Kier alpha value is -1.75. The molecule has 0 heterocycles. The first-order chi connectivity index (χ1) is 8.69. The minimum absolute atomic E-state index is 0.0756. The van der Waals surface area contributed by atoms with E-state index in [2.05, 4.69) is 10.6 Å². The van der Waals surface area contributed by atoms with Gasteiger partial charge in [-0.1, -0.05) is 0 Å². The molecule has 1 saturated carbocycles. The van der Waals surface area contributed by atoms with Crippen molar-refractivity contribution >= 4 is 11.7 Å². The van der Waals surface area contributed by atoms with E-state index in [1.807, 2.05) is 0 Å². The predicted molar refractivity (Wildman–Crippen MR) is 70.8 cm³/mol. The fourth-order valence-electron chi connectivity index (χ4n) is 2.18. The van der Waals surface area contributed by atoms with Crippen molar-refractivity contribution in [3.63, 3.8) is 0 Å². The van der Waals surface area contributed by atoms with E-state index in [4.69, 9.17) is 10.5 Å². The second-order valence-electron chi connectivity index (χ2n) is 4.53. The van der Waals surface area contributed by atoms with Crippen LogP contribution in [-0.4, -0.2) is 25.2 Å². The fourth-order valence-corrected chi connectivity index (χ4v) is 2.18. The summed E-state index contributed by atoms with van der Waals surface area (Å²) < 4.78 is 5.05. The van der Waals surface area contributed by atoms with Gasteiger partial charge < -0.3 is 21.1 Å². The van der Waals surface area contributed by atoms with Crippen molar-refractivity contribution in [3.8, 4) is 5.75 Å². The standard InChI is InChI=1S/C13H19N3O2/c1-18-10-7-5-9(6-8-10)15-13(17)16-12-4-2-3-11(12)14/h5-8,11-12H,2-4,14H2,1H3,(H2,15,16,17). The molecule has 1 aliphatic carbocycles. The van der Waals surface area contributed by atoms with E-state index >= 15 is 0 Å². The average Bonchev–Trinajstić information content (AvgIpc) is 2.76. The Morgan fingerprint density at radius 2 is 2.06 bits per heavy atom. The summed E-state index contributed by atoms with van der Waals surface area (Å²) in [5, 5.41) is 5.68. The van der Waals surface area contributed by atoms with Gasteiger partial charge >= 0.3 is 6.03 Å². The van der Waals surface area contributed by atoms with Crippen LogP contribution in [0.3, 0.4) is 0 Å². The molecule has 0 spiro atoms. The number of carbonyl (C=O) groups is 1. The van der Waals surface area contributed by atoms with E-state index in [9.17, 15) is 4.79 Å². The molecule has 2 amide bonds. The molecule has 5 heteroatoms. The molecule has 0 saturated heterocycles. The SMILES string of the molecule is COc1ccc(NC(=O)NC2CCCC2N)cc1. The Morgan fingerprint density at radius 3 is 2.61 bits per heavy atom. The molecule has 4 N–H and O–H groups in total. The van der Waals surface area contributed by atoms with Gasteiger partial charge in [-0.05, 0) is 43.5 Å². The number of rotatable bonds is 3. The molecule has 2 atom stereocenters. The van der Waals surface area contributed by atoms with Crippen LogP contribution in [0.1, 0.15) is 19.3 Å². The summed E-state index contributed by atoms with van der Waals surface area (Å²) in [5.41, 5.74) is 6.64. The highest BCUT2D eigenvalue weighted by Crippen LogP contribution is 2.18. The lowest BCUT2D eigenvalue weighted by molar-refractivity contribution is 0.247. The van der Waals surface area contributed by atoms with Gasteiger partial charge in [0.25, 0.3) is 0 Å². The monoisotopic (exact) mass is 249 g/mol. The average molecular weight is 249 g/mol. The number of urea groups is 1. The Bertz CT molecular complexity index is 405. The van der Waals surface area contributed by atoms with Crippen molar-refractivity contribution < 1.29 is 9.53 Å². The van der Waals surface area contributed by atoms with Gasteiger partial charge in [-0.3, -0.25) is 0 Å². The van der Waals surface area contributed by atoms with Crippen molar-refractivity contribution in [3.05, 3.63) is 24.3 Å². The summed E-state index contributed by atoms with van der Waals surface area (Å²) in [6.07, 6.45) is 3.01. The molecule has 1 aliphatic rings. The van der Waals surface area contributed by atoms with Gasteiger partial charge in [0.05, 0.1) is 7.11 Å². The van der Waals surface area contributed by atoms with E-state index in [-0.39, 0.29) is 18.1 Å². The second-order valence-corrected chi connectivity index (χ2v) is 4.53. The second kappa shape index (κ2) is 5.73. The highest BCUT2D eigenvalue weighted by molar-refractivity contribution is 5.89. The molecule has 0 aliphatic heterocycles. The maximum Gasteiger partial charge on any atom is 0.319 e. The number of amides is 2. The van der Waals surface area contributed by atoms with Crippen molar-refractivity contribution in [2.75, 3.05) is 12.4 Å². The quantitative estimate of drug-likeness (QED) is 0.763. The third-order valence-corrected chi connectivity index (χ3v) is 3.23. The van der Waals surface area contributed by atoms with Crippen LogP contribution in [-0.2, 0) is 0 Å². The molecular formula is C13H19N3O2. The largest absolute Gasteiger partial charge is 0.497 e. The highest BCUT2D eigenvalue weighted by atomic mass is 16.5. The zero-order chi connectivity index (χ0) is 13.0. The third kappa shape index (κ3) is 3.13. The van der Waals surface area contributed by atoms with E-state index < -0.39 is 0 Å². The van der Waals surface area contributed by atoms with E-state index in [0.29, 0.717) is 0 Å². The molecule has 0 aromatic heterocycles. The first-order valence-corrected chi connectivity index (χ1v) is 6.16. The number of benzene rings is 1. The minimum Gasteiger partial charge on any atom is -0.497 e. The van der Waals surface area contributed by atoms with E-state index in [0.717, 1.165) is 30.7 Å². The molecular weight excluding hydrogens is 230 g/mol. The Labute approximate surface area is 107 Å². The normalized spacial score (nSPS) is 22.6.